The number of sulfone groups is 1. The normalized spacial score (nSPS) is 26.8. The molecule has 0 bridgehead atoms. The second kappa shape index (κ2) is 4.04. The molecule has 2 N–H and O–H groups in total. The lowest BCUT2D eigenvalue weighted by Gasteiger charge is -2.27. The Morgan fingerprint density at radius 1 is 1.50 bits per heavy atom. The molecule has 1 aliphatic carbocycles. The Labute approximate surface area is 94.7 Å². The molecule has 0 aromatic carbocycles. The number of anilines is 1. The largest absolute Gasteiger partial charge is 0.381 e. The van der Waals surface area contributed by atoms with E-state index in [0.717, 1.165) is 19.3 Å². The van der Waals surface area contributed by atoms with E-state index in [1.54, 1.807) is 10.9 Å². The topological polar surface area (TPSA) is 90.9 Å². The monoisotopic (exact) mass is 244 g/mol. The summed E-state index contributed by atoms with van der Waals surface area (Å²) in [4.78, 5) is 0. The molecule has 1 aromatic rings. The Bertz CT molecular complexity index is 468. The number of nitrogens with two attached hydrogens (primary N) is 1. The van der Waals surface area contributed by atoms with Gasteiger partial charge in [0.05, 0.1) is 17.5 Å². The molecule has 2 unspecified atom stereocenters. The number of nitrogens with zero attached hydrogens (tertiary/aromatic N) is 3. The van der Waals surface area contributed by atoms with Gasteiger partial charge in [-0.2, -0.15) is 0 Å². The number of rotatable bonds is 2. The zero-order valence-electron chi connectivity index (χ0n) is 9.20. The second-order valence-electron chi connectivity index (χ2n) is 4.40. The van der Waals surface area contributed by atoms with Gasteiger partial charge in [0.15, 0.2) is 5.82 Å². The van der Waals surface area contributed by atoms with Crippen molar-refractivity contribution in [2.75, 3.05) is 12.0 Å². The summed E-state index contributed by atoms with van der Waals surface area (Å²) in [6.45, 7) is 0. The van der Waals surface area contributed by atoms with Crippen molar-refractivity contribution in [1.29, 1.82) is 0 Å². The highest BCUT2D eigenvalue weighted by atomic mass is 32.2. The highest BCUT2D eigenvalue weighted by molar-refractivity contribution is 7.91. The van der Waals surface area contributed by atoms with Gasteiger partial charge >= 0.3 is 0 Å². The van der Waals surface area contributed by atoms with Gasteiger partial charge < -0.3 is 5.73 Å². The summed E-state index contributed by atoms with van der Waals surface area (Å²) in [5.74, 6) is 0.376. The lowest BCUT2D eigenvalue weighted by molar-refractivity contribution is 0.324. The minimum atomic E-state index is -2.95. The molecular weight excluding hydrogens is 228 g/mol. The molecule has 0 saturated heterocycles. The van der Waals surface area contributed by atoms with Crippen LogP contribution in [0.2, 0.25) is 0 Å². The molecular formula is C9H16N4O2S. The van der Waals surface area contributed by atoms with Crippen molar-refractivity contribution in [1.82, 2.24) is 15.0 Å². The predicted molar refractivity (Wildman–Crippen MR) is 60.6 cm³/mol. The molecule has 7 heteroatoms. The van der Waals surface area contributed by atoms with Crippen molar-refractivity contribution in [2.45, 2.75) is 37.0 Å². The third-order valence-electron chi connectivity index (χ3n) is 3.11. The van der Waals surface area contributed by atoms with Crippen LogP contribution in [0.5, 0.6) is 0 Å². The number of hydrogen-bond acceptors (Lipinski definition) is 5. The molecule has 0 spiro atoms. The molecule has 90 valence electrons. The van der Waals surface area contributed by atoms with Crippen LogP contribution in [0.4, 0.5) is 5.82 Å². The van der Waals surface area contributed by atoms with Crippen LogP contribution in [0.3, 0.4) is 0 Å². The van der Waals surface area contributed by atoms with Gasteiger partial charge in [-0.3, -0.25) is 0 Å². The van der Waals surface area contributed by atoms with E-state index in [-0.39, 0.29) is 11.3 Å². The van der Waals surface area contributed by atoms with Crippen molar-refractivity contribution in [3.05, 3.63) is 6.20 Å². The average Bonchev–Trinajstić information content (AvgIpc) is 2.64. The lowest BCUT2D eigenvalue weighted by Crippen LogP contribution is -2.29. The maximum absolute atomic E-state index is 11.5. The average molecular weight is 244 g/mol. The van der Waals surface area contributed by atoms with Crippen LogP contribution in [0.15, 0.2) is 6.20 Å². The molecule has 1 aromatic heterocycles. The first-order valence-corrected chi connectivity index (χ1v) is 7.28. The van der Waals surface area contributed by atoms with Crippen LogP contribution in [0.25, 0.3) is 0 Å². The smallest absolute Gasteiger partial charge is 0.165 e. The van der Waals surface area contributed by atoms with E-state index < -0.39 is 9.84 Å². The lowest BCUT2D eigenvalue weighted by atomic mass is 9.95. The zero-order valence-corrected chi connectivity index (χ0v) is 10.0. The fourth-order valence-corrected chi connectivity index (χ4v) is 3.38. The summed E-state index contributed by atoms with van der Waals surface area (Å²) < 4.78 is 24.7. The second-order valence-corrected chi connectivity index (χ2v) is 6.72. The summed E-state index contributed by atoms with van der Waals surface area (Å²) in [6, 6.07) is 0.110. The highest BCUT2D eigenvalue weighted by Gasteiger charge is 2.30. The molecule has 0 aliphatic heterocycles. The van der Waals surface area contributed by atoms with E-state index in [9.17, 15) is 8.42 Å². The Morgan fingerprint density at radius 3 is 2.81 bits per heavy atom. The summed E-state index contributed by atoms with van der Waals surface area (Å²) in [7, 11) is -2.95. The van der Waals surface area contributed by atoms with Crippen LogP contribution in [0, 0.1) is 0 Å². The van der Waals surface area contributed by atoms with Gasteiger partial charge in [-0.25, -0.2) is 13.1 Å². The first-order valence-electron chi connectivity index (χ1n) is 5.33. The van der Waals surface area contributed by atoms with Gasteiger partial charge in [0.2, 0.25) is 0 Å². The van der Waals surface area contributed by atoms with Crippen LogP contribution >= 0.6 is 0 Å². The summed E-state index contributed by atoms with van der Waals surface area (Å²) >= 11 is 0. The van der Waals surface area contributed by atoms with Gasteiger partial charge in [0, 0.05) is 6.26 Å². The molecule has 2 rings (SSSR count). The molecule has 1 heterocycles. The molecule has 16 heavy (non-hydrogen) atoms. The SMILES string of the molecule is CS(=O)(=O)C1CCCC(n2cc(N)nn2)C1. The van der Waals surface area contributed by atoms with Crippen molar-refractivity contribution in [3.63, 3.8) is 0 Å². The molecule has 1 aliphatic rings. The molecule has 0 amide bonds. The third-order valence-corrected chi connectivity index (χ3v) is 4.75. The Morgan fingerprint density at radius 2 is 2.25 bits per heavy atom. The van der Waals surface area contributed by atoms with E-state index >= 15 is 0 Å². The van der Waals surface area contributed by atoms with Gasteiger partial charge in [-0.15, -0.1) is 5.10 Å². The maximum Gasteiger partial charge on any atom is 0.165 e. The zero-order chi connectivity index (χ0) is 11.8. The van der Waals surface area contributed by atoms with Crippen LogP contribution < -0.4 is 5.73 Å². The van der Waals surface area contributed by atoms with Crippen LogP contribution in [-0.4, -0.2) is 34.9 Å². The fraction of sp³-hybridized carbons (Fsp3) is 0.778. The maximum atomic E-state index is 11.5. The Kier molecular flexibility index (Phi) is 2.88. The van der Waals surface area contributed by atoms with E-state index in [1.165, 1.54) is 6.26 Å². The van der Waals surface area contributed by atoms with Crippen LogP contribution in [-0.2, 0) is 9.84 Å². The third kappa shape index (κ3) is 2.34. The first-order chi connectivity index (χ1) is 7.47. The summed E-state index contributed by atoms with van der Waals surface area (Å²) in [5.41, 5.74) is 5.49. The standard InChI is InChI=1S/C9H16N4O2S/c1-16(14,15)8-4-2-3-7(5-8)13-6-9(10)11-12-13/h6-8H,2-5,10H2,1H3. The van der Waals surface area contributed by atoms with Crippen LogP contribution in [0.1, 0.15) is 31.7 Å². The Balaban J connectivity index is 2.13. The van der Waals surface area contributed by atoms with Gasteiger partial charge in [-0.1, -0.05) is 11.6 Å². The first kappa shape index (κ1) is 11.4. The van der Waals surface area contributed by atoms with Gasteiger partial charge in [-0.05, 0) is 19.3 Å². The molecule has 2 atom stereocenters. The molecule has 0 radical (unpaired) electrons. The predicted octanol–water partition coefficient (Wildman–Crippen LogP) is 0.389. The van der Waals surface area contributed by atoms with Crippen molar-refractivity contribution >= 4 is 15.7 Å². The highest BCUT2D eigenvalue weighted by Crippen LogP contribution is 2.31. The van der Waals surface area contributed by atoms with Gasteiger partial charge in [0.1, 0.15) is 9.84 Å². The Hall–Kier alpha value is -1.11. The van der Waals surface area contributed by atoms with Crippen molar-refractivity contribution in [2.24, 2.45) is 0 Å². The van der Waals surface area contributed by atoms with E-state index in [0.29, 0.717) is 12.2 Å². The summed E-state index contributed by atoms with van der Waals surface area (Å²) in [5, 5.41) is 7.37. The number of aromatic nitrogens is 3. The fourth-order valence-electron chi connectivity index (χ4n) is 2.22. The van der Waals surface area contributed by atoms with Crippen molar-refractivity contribution < 1.29 is 8.42 Å². The van der Waals surface area contributed by atoms with Crippen molar-refractivity contribution in [3.8, 4) is 0 Å². The molecule has 1 fully saturated rings. The van der Waals surface area contributed by atoms with E-state index in [1.807, 2.05) is 0 Å². The molecule has 6 nitrogen and oxygen atoms in total. The minimum absolute atomic E-state index is 0.110. The molecule has 1 saturated carbocycles. The van der Waals surface area contributed by atoms with E-state index in [4.69, 9.17) is 5.73 Å². The quantitative estimate of drug-likeness (QED) is 0.812. The number of hydrogen-bond donors (Lipinski definition) is 1. The van der Waals surface area contributed by atoms with E-state index in [2.05, 4.69) is 10.3 Å². The minimum Gasteiger partial charge on any atom is -0.381 e. The van der Waals surface area contributed by atoms with Gasteiger partial charge in [0.25, 0.3) is 0 Å². The summed E-state index contributed by atoms with van der Waals surface area (Å²) in [6.07, 6.45) is 6.17. The number of nitrogen functional groups attached to an aromatic ring is 1.